The van der Waals surface area contributed by atoms with Crippen molar-refractivity contribution in [3.8, 4) is 56.6 Å². The monoisotopic (exact) mass is 1080 g/mol. The summed E-state index contributed by atoms with van der Waals surface area (Å²) >= 11 is 0. The minimum absolute atomic E-state index is 0.168. The molecular formula is C59H55N19O3. The van der Waals surface area contributed by atoms with Gasteiger partial charge in [0, 0.05) is 154 Å². The maximum atomic E-state index is 13.4. The number of rotatable bonds is 10. The molecule has 81 heavy (non-hydrogen) atoms. The normalized spacial score (nSPS) is 15.2. The van der Waals surface area contributed by atoms with E-state index in [0.29, 0.717) is 80.1 Å². The summed E-state index contributed by atoms with van der Waals surface area (Å²) in [5, 5.41) is 47.4. The number of aliphatic hydroxyl groups is 1. The highest BCUT2D eigenvalue weighted by Gasteiger charge is 2.54. The number of hydrogen-bond donors (Lipinski definition) is 3. The summed E-state index contributed by atoms with van der Waals surface area (Å²) in [6.45, 7) is 4.86. The number of pyridine rings is 5. The number of nitrogen functional groups attached to an aromatic ring is 2. The molecule has 1 aliphatic carbocycles. The molecule has 0 bridgehead atoms. The SMILES string of the molecule is Cn1cc(-c2cc(-c3ccc(N4CCN(C(=O)C5(c6ccccn6)CC5)CC4)nc3)c3c(C#N)c(N)nn3c2)cn1.Cn1cc(-c2cc(-c3ccc(N4CCN(C(=O)[C@@H](O)c5ccccc5)CC4)nc3)c3c(C#N)c(N)nn3c2)cn1. The van der Waals surface area contributed by atoms with E-state index in [1.807, 2.05) is 123 Å². The van der Waals surface area contributed by atoms with Crippen LogP contribution in [0.5, 0.6) is 0 Å². The van der Waals surface area contributed by atoms with Crippen LogP contribution in [-0.2, 0) is 29.1 Å². The van der Waals surface area contributed by atoms with E-state index in [2.05, 4.69) is 47.3 Å². The third-order valence-corrected chi connectivity index (χ3v) is 15.4. The zero-order chi connectivity index (χ0) is 55.9. The molecule has 2 saturated heterocycles. The van der Waals surface area contributed by atoms with Crippen molar-refractivity contribution in [2.75, 3.05) is 73.6 Å². The highest BCUT2D eigenvalue weighted by atomic mass is 16.3. The molecular weight excluding hydrogens is 1020 g/mol. The fraction of sp³-hybridized carbons (Fsp3) is 0.237. The first-order chi connectivity index (χ1) is 39.4. The number of carbonyl (C=O) groups is 2. The second kappa shape index (κ2) is 21.1. The number of aliphatic hydroxyl groups excluding tert-OH is 1. The molecule has 11 heterocycles. The number of aromatic nitrogens is 11. The molecule has 2 amide bonds. The highest BCUT2D eigenvalue weighted by molar-refractivity contribution is 5.93. The molecule has 22 nitrogen and oxygen atoms in total. The molecule has 0 unspecified atom stereocenters. The van der Waals surface area contributed by atoms with Crippen LogP contribution >= 0.6 is 0 Å². The minimum atomic E-state index is -1.17. The van der Waals surface area contributed by atoms with Crippen LogP contribution in [0.2, 0.25) is 0 Å². The fourth-order valence-corrected chi connectivity index (χ4v) is 10.9. The van der Waals surface area contributed by atoms with Gasteiger partial charge in [0.2, 0.25) is 5.91 Å². The molecule has 0 spiro atoms. The van der Waals surface area contributed by atoms with Gasteiger partial charge in [0.15, 0.2) is 17.7 Å². The average molecular weight is 1080 g/mol. The highest BCUT2D eigenvalue weighted by Crippen LogP contribution is 2.49. The van der Waals surface area contributed by atoms with Crippen molar-refractivity contribution in [1.82, 2.24) is 63.5 Å². The topological polar surface area (TPSA) is 276 Å². The van der Waals surface area contributed by atoms with Crippen LogP contribution in [0.15, 0.2) is 141 Å². The average Bonchev–Trinajstić information content (AvgIpc) is 3.89. The minimum Gasteiger partial charge on any atom is -0.381 e. The van der Waals surface area contributed by atoms with E-state index in [-0.39, 0.29) is 23.5 Å². The summed E-state index contributed by atoms with van der Waals surface area (Å²) < 4.78 is 6.76. The van der Waals surface area contributed by atoms with Crippen LogP contribution in [0.4, 0.5) is 23.3 Å². The Morgan fingerprint density at radius 3 is 1.49 bits per heavy atom. The zero-order valence-corrected chi connectivity index (χ0v) is 44.4. The van der Waals surface area contributed by atoms with Crippen molar-refractivity contribution in [1.29, 1.82) is 10.5 Å². The second-order valence-electron chi connectivity index (χ2n) is 20.4. The van der Waals surface area contributed by atoms with Crippen LogP contribution in [0.25, 0.3) is 55.5 Å². The standard InChI is InChI=1S/C30H28N10O.C29H27N9O2/c1-37-18-22(17-35-37)21-14-23(27-24(15-31)28(32)36-40(27)19-21)20-5-6-26(34-16-20)38-10-12-39(13-11-38)29(41)30(7-8-30)25-4-2-3-9-33-25;1-35-17-22(16-33-35)21-13-23(26-24(14-30)28(31)34-38(26)18-21)20-7-8-25(32-15-20)36-9-11-37(12-10-36)29(40)27(39)19-5-3-2-4-6-19/h2-6,9,14,16-19H,7-8,10-13H2,1H3,(H2,32,36);2-8,13,15-18,27,39H,9-12H2,1H3,(H2,31,34)/t;27-/m.0/s1. The van der Waals surface area contributed by atoms with Crippen LogP contribution in [0.3, 0.4) is 0 Å². The van der Waals surface area contributed by atoms with Gasteiger partial charge in [-0.25, -0.2) is 19.0 Å². The van der Waals surface area contributed by atoms with E-state index in [9.17, 15) is 25.2 Å². The second-order valence-corrected chi connectivity index (χ2v) is 20.4. The predicted molar refractivity (Wildman–Crippen MR) is 304 cm³/mol. The quantitative estimate of drug-likeness (QED) is 0.149. The molecule has 10 aromatic rings. The number of piperazine rings is 2. The van der Waals surface area contributed by atoms with Crippen molar-refractivity contribution >= 4 is 46.1 Å². The van der Waals surface area contributed by atoms with Gasteiger partial charge in [-0.3, -0.25) is 23.9 Å². The molecule has 1 saturated carbocycles. The first-order valence-corrected chi connectivity index (χ1v) is 26.5. The van der Waals surface area contributed by atoms with Gasteiger partial charge in [0.05, 0.1) is 34.5 Å². The molecule has 13 rings (SSSR count). The third-order valence-electron chi connectivity index (χ3n) is 15.4. The van der Waals surface area contributed by atoms with Crippen LogP contribution in [-0.4, -0.2) is 133 Å². The van der Waals surface area contributed by atoms with Gasteiger partial charge < -0.3 is 36.2 Å². The van der Waals surface area contributed by atoms with Crippen LogP contribution < -0.4 is 21.3 Å². The number of hydrogen-bond acceptors (Lipinski definition) is 16. The maximum absolute atomic E-state index is 13.4. The number of fused-ring (bicyclic) bond motifs is 2. The van der Waals surface area contributed by atoms with Gasteiger partial charge in [-0.1, -0.05) is 36.4 Å². The number of amides is 2. The number of anilines is 4. The maximum Gasteiger partial charge on any atom is 0.256 e. The van der Waals surface area contributed by atoms with Crippen molar-refractivity contribution in [3.05, 3.63) is 163 Å². The molecule has 0 radical (unpaired) electrons. The molecule has 9 aromatic heterocycles. The number of nitrogens with two attached hydrogens (primary N) is 2. The molecule has 404 valence electrons. The zero-order valence-electron chi connectivity index (χ0n) is 44.4. The lowest BCUT2D eigenvalue weighted by Gasteiger charge is -2.37. The summed E-state index contributed by atoms with van der Waals surface area (Å²) in [5.41, 5.74) is 22.0. The Bertz CT molecular complexity index is 4060. The number of benzene rings is 1. The molecule has 1 aromatic carbocycles. The van der Waals surface area contributed by atoms with Crippen LogP contribution in [0, 0.1) is 22.7 Å². The Labute approximate surface area is 464 Å². The Morgan fingerprint density at radius 2 is 1.07 bits per heavy atom. The Balaban J connectivity index is 0.000000161. The molecule has 3 aliphatic rings. The van der Waals surface area contributed by atoms with E-state index in [1.54, 1.807) is 60.2 Å². The van der Waals surface area contributed by atoms with Gasteiger partial charge in [-0.15, -0.1) is 10.2 Å². The smallest absolute Gasteiger partial charge is 0.256 e. The van der Waals surface area contributed by atoms with Gasteiger partial charge >= 0.3 is 0 Å². The molecule has 1 atom stereocenters. The van der Waals surface area contributed by atoms with Gasteiger partial charge in [-0.05, 0) is 66.9 Å². The summed E-state index contributed by atoms with van der Waals surface area (Å²) in [5.74, 6) is 1.88. The van der Waals surface area contributed by atoms with E-state index in [1.165, 1.54) is 0 Å². The van der Waals surface area contributed by atoms with Gasteiger partial charge in [-0.2, -0.15) is 20.7 Å². The van der Waals surface area contributed by atoms with Crippen molar-refractivity contribution in [2.45, 2.75) is 24.4 Å². The lowest BCUT2D eigenvalue weighted by atomic mass is 9.99. The van der Waals surface area contributed by atoms with E-state index in [0.717, 1.165) is 74.7 Å². The largest absolute Gasteiger partial charge is 0.381 e. The number of aryl methyl sites for hydroxylation is 2. The summed E-state index contributed by atoms with van der Waals surface area (Å²) in [6.07, 6.45) is 17.0. The number of nitrogens with zero attached hydrogens (tertiary/aromatic N) is 17. The summed E-state index contributed by atoms with van der Waals surface area (Å²) in [6, 6.07) is 31.1. The summed E-state index contributed by atoms with van der Waals surface area (Å²) in [4.78, 5) is 48.2. The van der Waals surface area contributed by atoms with Gasteiger partial charge in [0.25, 0.3) is 5.91 Å². The van der Waals surface area contributed by atoms with E-state index >= 15 is 0 Å². The lowest BCUT2D eigenvalue weighted by Crippen LogP contribution is -2.51. The van der Waals surface area contributed by atoms with Crippen LogP contribution in [0.1, 0.15) is 41.3 Å². The Hall–Kier alpha value is -10.5. The fourth-order valence-electron chi connectivity index (χ4n) is 10.9. The van der Waals surface area contributed by atoms with Gasteiger partial charge in [0.1, 0.15) is 34.9 Å². The molecule has 5 N–H and O–H groups in total. The predicted octanol–water partition coefficient (Wildman–Crippen LogP) is 5.66. The Kier molecular flexibility index (Phi) is 13.3. The molecule has 3 fully saturated rings. The van der Waals surface area contributed by atoms with E-state index < -0.39 is 11.5 Å². The molecule has 2 aliphatic heterocycles. The van der Waals surface area contributed by atoms with E-state index in [4.69, 9.17) is 21.4 Å². The number of nitriles is 2. The van der Waals surface area contributed by atoms with Crippen molar-refractivity contribution in [2.24, 2.45) is 14.1 Å². The first-order valence-electron chi connectivity index (χ1n) is 26.5. The molecule has 22 heteroatoms. The first kappa shape index (κ1) is 51.3. The van der Waals surface area contributed by atoms with Crippen molar-refractivity contribution in [3.63, 3.8) is 0 Å². The number of carbonyl (C=O) groups excluding carboxylic acids is 2. The summed E-state index contributed by atoms with van der Waals surface area (Å²) in [7, 11) is 3.72. The third kappa shape index (κ3) is 9.74. The lowest BCUT2D eigenvalue weighted by molar-refractivity contribution is -0.140. The Morgan fingerprint density at radius 1 is 0.580 bits per heavy atom. The van der Waals surface area contributed by atoms with Crippen molar-refractivity contribution < 1.29 is 14.7 Å².